The molecule has 2 heterocycles. The zero-order valence-corrected chi connectivity index (χ0v) is 16.1. The number of hydroxylamine groups is 1. The molecule has 1 aliphatic heterocycles. The molecule has 0 radical (unpaired) electrons. The number of aliphatic imine (C=N–C) groups is 1. The number of nitrogens with one attached hydrogen (secondary N) is 2. The maximum atomic E-state index is 14.6. The van der Waals surface area contributed by atoms with E-state index < -0.39 is 64.8 Å². The van der Waals surface area contributed by atoms with Crippen molar-refractivity contribution in [2.24, 2.45) is 16.5 Å². The highest BCUT2D eigenvalue weighted by Gasteiger charge is 2.40. The monoisotopic (exact) mass is 467 g/mol. The van der Waals surface area contributed by atoms with Gasteiger partial charge in [0.25, 0.3) is 5.91 Å². The lowest BCUT2D eigenvalue weighted by atomic mass is 9.86. The van der Waals surface area contributed by atoms with E-state index in [1.165, 1.54) is 0 Å². The van der Waals surface area contributed by atoms with Crippen LogP contribution in [0.4, 0.5) is 27.6 Å². The normalized spacial score (nSPS) is 21.4. The predicted molar refractivity (Wildman–Crippen MR) is 98.9 cm³/mol. The van der Waals surface area contributed by atoms with Crippen molar-refractivity contribution >= 4 is 29.2 Å². The molecule has 0 aliphatic carbocycles. The molecule has 3 rings (SSSR count). The Morgan fingerprint density at radius 1 is 1.45 bits per heavy atom. The third kappa shape index (κ3) is 4.55. The van der Waals surface area contributed by atoms with E-state index >= 15 is 0 Å². The van der Waals surface area contributed by atoms with Gasteiger partial charge in [0.1, 0.15) is 12.2 Å². The highest BCUT2D eigenvalue weighted by Crippen LogP contribution is 2.37. The minimum Gasteiger partial charge on any atom is -0.369 e. The Bertz CT molecular complexity index is 1030. The number of hydrogen-bond donors (Lipinski definition) is 4. The van der Waals surface area contributed by atoms with Crippen LogP contribution in [0.15, 0.2) is 23.3 Å². The standard InChI is InChI=1S/C16H15ClF5N7O2/c17-8-4-29(14(21)22)27-12(8)13(30)25-6-1-7(11(20)9(19)2-6)16(5-18)3-10(23)28-31-15(24)26-16/h1-2,4,10,14,28H,3,5,23H2,(H2,24,26)(H,25,30)/t10-,16+/m1/s1. The maximum absolute atomic E-state index is 14.6. The Kier molecular flexibility index (Phi) is 6.33. The summed E-state index contributed by atoms with van der Waals surface area (Å²) in [7, 11) is 0. The fourth-order valence-corrected chi connectivity index (χ4v) is 3.18. The fourth-order valence-electron chi connectivity index (χ4n) is 2.96. The van der Waals surface area contributed by atoms with E-state index in [0.29, 0.717) is 12.3 Å². The van der Waals surface area contributed by atoms with Crippen molar-refractivity contribution in [3.63, 3.8) is 0 Å². The Morgan fingerprint density at radius 2 is 2.16 bits per heavy atom. The Hall–Kier alpha value is -2.97. The van der Waals surface area contributed by atoms with Crippen LogP contribution >= 0.6 is 11.6 Å². The molecule has 0 saturated heterocycles. The zero-order chi connectivity index (χ0) is 22.9. The topological polar surface area (TPSA) is 133 Å². The summed E-state index contributed by atoms with van der Waals surface area (Å²) in [6.45, 7) is -4.40. The first-order valence-corrected chi connectivity index (χ1v) is 8.87. The van der Waals surface area contributed by atoms with Crippen LogP contribution in [-0.4, -0.2) is 34.5 Å². The molecule has 168 valence electrons. The number of halogens is 6. The van der Waals surface area contributed by atoms with Crippen molar-refractivity contribution in [2.75, 3.05) is 12.0 Å². The summed E-state index contributed by atoms with van der Waals surface area (Å²) in [4.78, 5) is 20.9. The summed E-state index contributed by atoms with van der Waals surface area (Å²) in [6, 6.07) is 0.922. The van der Waals surface area contributed by atoms with Gasteiger partial charge in [0, 0.05) is 23.7 Å². The van der Waals surface area contributed by atoms with Crippen molar-refractivity contribution in [1.82, 2.24) is 15.3 Å². The van der Waals surface area contributed by atoms with E-state index in [4.69, 9.17) is 27.9 Å². The molecule has 2 aromatic rings. The van der Waals surface area contributed by atoms with Crippen LogP contribution in [0, 0.1) is 11.6 Å². The van der Waals surface area contributed by atoms with Crippen LogP contribution < -0.4 is 22.3 Å². The summed E-state index contributed by atoms with van der Waals surface area (Å²) < 4.78 is 68.6. The molecule has 0 spiro atoms. The second kappa shape index (κ2) is 8.64. The van der Waals surface area contributed by atoms with Crippen molar-refractivity contribution in [3.05, 3.63) is 46.2 Å². The van der Waals surface area contributed by atoms with E-state index in [-0.39, 0.29) is 16.8 Å². The van der Waals surface area contributed by atoms with Gasteiger partial charge in [-0.05, 0) is 6.07 Å². The summed E-state index contributed by atoms with van der Waals surface area (Å²) in [6.07, 6.45) is -0.728. The molecule has 0 bridgehead atoms. The number of anilines is 1. The summed E-state index contributed by atoms with van der Waals surface area (Å²) >= 11 is 5.73. The number of alkyl halides is 3. The van der Waals surface area contributed by atoms with Gasteiger partial charge in [-0.1, -0.05) is 11.6 Å². The number of amidine groups is 1. The van der Waals surface area contributed by atoms with Crippen LogP contribution in [-0.2, 0) is 10.4 Å². The van der Waals surface area contributed by atoms with Gasteiger partial charge >= 0.3 is 12.6 Å². The van der Waals surface area contributed by atoms with E-state index in [0.717, 1.165) is 6.07 Å². The van der Waals surface area contributed by atoms with Crippen molar-refractivity contribution < 1.29 is 31.6 Å². The van der Waals surface area contributed by atoms with Gasteiger partial charge in [-0.25, -0.2) is 22.8 Å². The number of amides is 1. The fraction of sp³-hybridized carbons (Fsp3) is 0.312. The van der Waals surface area contributed by atoms with Crippen LogP contribution in [0.1, 0.15) is 29.0 Å². The number of nitrogens with zero attached hydrogens (tertiary/aromatic N) is 3. The van der Waals surface area contributed by atoms with E-state index in [2.05, 4.69) is 20.9 Å². The SMILES string of the molecule is NC1=N[C@@](CF)(c2cc(NC(=O)c3nn(C(F)F)cc3Cl)cc(F)c2F)C[C@H](N)NO1. The minimum absolute atomic E-state index is 0.142. The van der Waals surface area contributed by atoms with Gasteiger partial charge in [-0.2, -0.15) is 13.9 Å². The molecule has 0 unspecified atom stereocenters. The lowest BCUT2D eigenvalue weighted by Gasteiger charge is -2.28. The Balaban J connectivity index is 2.01. The number of hydrogen-bond acceptors (Lipinski definition) is 7. The number of carbonyl (C=O) groups excluding carboxylic acids is 1. The third-order valence-corrected chi connectivity index (χ3v) is 4.58. The molecule has 0 fully saturated rings. The molecule has 0 saturated carbocycles. The van der Waals surface area contributed by atoms with Crippen LogP contribution in [0.3, 0.4) is 0 Å². The third-order valence-electron chi connectivity index (χ3n) is 4.31. The molecule has 2 atom stereocenters. The van der Waals surface area contributed by atoms with Crippen LogP contribution in [0.5, 0.6) is 0 Å². The molecular weight excluding hydrogens is 453 g/mol. The lowest BCUT2D eigenvalue weighted by molar-refractivity contribution is 0.0561. The number of carbonyl (C=O) groups is 1. The highest BCUT2D eigenvalue weighted by molar-refractivity contribution is 6.34. The largest absolute Gasteiger partial charge is 0.369 e. The first-order chi connectivity index (χ1) is 14.6. The summed E-state index contributed by atoms with van der Waals surface area (Å²) in [5.41, 5.74) is 9.81. The maximum Gasteiger partial charge on any atom is 0.333 e. The second-order valence-electron chi connectivity index (χ2n) is 6.50. The van der Waals surface area contributed by atoms with Crippen molar-refractivity contribution in [1.29, 1.82) is 0 Å². The average Bonchev–Trinajstić information content (AvgIpc) is 3.03. The molecule has 1 aromatic carbocycles. The van der Waals surface area contributed by atoms with E-state index in [9.17, 15) is 26.7 Å². The molecule has 1 aromatic heterocycles. The van der Waals surface area contributed by atoms with Gasteiger partial charge in [-0.3, -0.25) is 4.79 Å². The van der Waals surface area contributed by atoms with Gasteiger partial charge in [0.05, 0.1) is 17.4 Å². The number of rotatable bonds is 5. The molecule has 9 nitrogen and oxygen atoms in total. The second-order valence-corrected chi connectivity index (χ2v) is 6.91. The molecule has 1 amide bonds. The van der Waals surface area contributed by atoms with E-state index in [1.54, 1.807) is 0 Å². The molecule has 15 heteroatoms. The number of benzene rings is 1. The number of nitrogens with two attached hydrogens (primary N) is 2. The number of aromatic nitrogens is 2. The lowest BCUT2D eigenvalue weighted by Crippen LogP contribution is -2.42. The first kappa shape index (κ1) is 22.7. The van der Waals surface area contributed by atoms with Gasteiger partial charge < -0.3 is 21.6 Å². The van der Waals surface area contributed by atoms with Gasteiger partial charge in [0.15, 0.2) is 17.3 Å². The first-order valence-electron chi connectivity index (χ1n) is 8.49. The molecular formula is C16H15ClF5N7O2. The average molecular weight is 468 g/mol. The minimum atomic E-state index is -3.06. The smallest absolute Gasteiger partial charge is 0.333 e. The Morgan fingerprint density at radius 3 is 2.77 bits per heavy atom. The predicted octanol–water partition coefficient (Wildman–Crippen LogP) is 2.15. The Labute approximate surface area is 176 Å². The van der Waals surface area contributed by atoms with Crippen LogP contribution in [0.2, 0.25) is 5.02 Å². The highest BCUT2D eigenvalue weighted by atomic mass is 35.5. The summed E-state index contributed by atoms with van der Waals surface area (Å²) in [5.74, 6) is -4.01. The summed E-state index contributed by atoms with van der Waals surface area (Å²) in [5, 5.41) is 5.08. The zero-order valence-electron chi connectivity index (χ0n) is 15.4. The van der Waals surface area contributed by atoms with Gasteiger partial charge in [-0.15, -0.1) is 5.48 Å². The molecule has 6 N–H and O–H groups in total. The quantitative estimate of drug-likeness (QED) is 0.498. The van der Waals surface area contributed by atoms with Crippen molar-refractivity contribution in [3.8, 4) is 0 Å². The van der Waals surface area contributed by atoms with Crippen molar-refractivity contribution in [2.45, 2.75) is 24.7 Å². The molecule has 1 aliphatic rings. The van der Waals surface area contributed by atoms with E-state index in [1.807, 2.05) is 0 Å². The molecule has 31 heavy (non-hydrogen) atoms. The van der Waals surface area contributed by atoms with Gasteiger partial charge in [0.2, 0.25) is 0 Å². The van der Waals surface area contributed by atoms with Crippen LogP contribution in [0.25, 0.3) is 0 Å².